The largest absolute Gasteiger partial charge is 0.456 e. The number of aryl methyl sites for hydroxylation is 1. The summed E-state index contributed by atoms with van der Waals surface area (Å²) in [6.07, 6.45) is 4.13. The lowest BCUT2D eigenvalue weighted by molar-refractivity contribution is 0.438. The molecule has 242 valence electrons. The Morgan fingerprint density at radius 1 is 0.766 bits per heavy atom. The smallest absolute Gasteiger partial charge is 0.266 e. The molecule has 1 aliphatic rings. The first-order valence-corrected chi connectivity index (χ1v) is 18.3. The third-order valence-corrected chi connectivity index (χ3v) is 9.40. The highest BCUT2D eigenvalue weighted by molar-refractivity contribution is 7.86. The predicted molar refractivity (Wildman–Crippen MR) is 184 cm³/mol. The lowest BCUT2D eigenvalue weighted by Crippen LogP contribution is -2.27. The summed E-state index contributed by atoms with van der Waals surface area (Å²) in [6, 6.07) is 30.9. The van der Waals surface area contributed by atoms with Crippen molar-refractivity contribution in [3.05, 3.63) is 126 Å². The van der Waals surface area contributed by atoms with Crippen molar-refractivity contribution in [3.63, 3.8) is 0 Å². The maximum atomic E-state index is 11.8. The monoisotopic (exact) mass is 671 g/mol. The summed E-state index contributed by atoms with van der Waals surface area (Å²) in [7, 11) is -8.52. The summed E-state index contributed by atoms with van der Waals surface area (Å²) in [5.74, 6) is 0.346. The molecule has 0 radical (unpaired) electrons. The zero-order valence-electron chi connectivity index (χ0n) is 25.5. The fourth-order valence-electron chi connectivity index (χ4n) is 5.61. The zero-order chi connectivity index (χ0) is 33.2. The average molecular weight is 672 g/mol. The van der Waals surface area contributed by atoms with Gasteiger partial charge in [-0.3, -0.25) is 9.11 Å². The molecule has 1 aromatic heterocycles. The molecule has 0 unspecified atom stereocenters. The molecule has 2 N–H and O–H groups in total. The molecule has 0 atom stereocenters. The van der Waals surface area contributed by atoms with Crippen molar-refractivity contribution in [2.45, 2.75) is 19.8 Å². The lowest BCUT2D eigenvalue weighted by Gasteiger charge is -2.18. The fourth-order valence-corrected chi connectivity index (χ4v) is 6.49. The Morgan fingerprint density at radius 3 is 2.00 bits per heavy atom. The van der Waals surface area contributed by atoms with Gasteiger partial charge in [0.25, 0.3) is 20.2 Å². The Balaban J connectivity index is 1.42. The van der Waals surface area contributed by atoms with Crippen molar-refractivity contribution in [2.75, 3.05) is 23.0 Å². The van der Waals surface area contributed by atoms with E-state index >= 15 is 0 Å². The van der Waals surface area contributed by atoms with Crippen LogP contribution in [-0.2, 0) is 26.7 Å². The molecule has 1 aliphatic heterocycles. The van der Waals surface area contributed by atoms with E-state index in [2.05, 4.69) is 0 Å². The number of allylic oxidation sites excluding steroid dienone is 2. The molecule has 0 aliphatic carbocycles. The molecular formula is C36H33NO8S2. The van der Waals surface area contributed by atoms with Crippen molar-refractivity contribution >= 4 is 43.0 Å². The second kappa shape index (κ2) is 13.2. The van der Waals surface area contributed by atoms with Gasteiger partial charge in [0.15, 0.2) is 5.75 Å². The summed E-state index contributed by atoms with van der Waals surface area (Å²) < 4.78 is 78.7. The molecule has 2 heterocycles. The summed E-state index contributed by atoms with van der Waals surface area (Å²) >= 11 is 0. The number of ether oxygens (including phenoxy) is 1. The van der Waals surface area contributed by atoms with E-state index in [4.69, 9.17) is 9.15 Å². The first-order valence-electron chi connectivity index (χ1n) is 15.1. The molecule has 47 heavy (non-hydrogen) atoms. The quantitative estimate of drug-likeness (QED) is 0.136. The Hall–Kier alpha value is -4.68. The second-order valence-corrected chi connectivity index (χ2v) is 14.3. The minimum Gasteiger partial charge on any atom is -0.456 e. The van der Waals surface area contributed by atoms with Crippen LogP contribution in [0.3, 0.4) is 0 Å². The van der Waals surface area contributed by atoms with Crippen LogP contribution in [0, 0.1) is 0 Å². The number of benzene rings is 4. The molecule has 0 amide bonds. The SMILES string of the molecule is CCC(=C/c1oc2ccc(-c3ccccc3)cc2c1CCS(=O)(=O)O)/C=C1/Oc2ccc(-c3ccccc3)cc2N1CCS(=O)(=O)O. The van der Waals surface area contributed by atoms with Gasteiger partial charge in [-0.25, -0.2) is 0 Å². The maximum Gasteiger partial charge on any atom is 0.266 e. The number of hydrogen-bond acceptors (Lipinski definition) is 7. The molecule has 0 bridgehead atoms. The lowest BCUT2D eigenvalue weighted by atomic mass is 10.0. The Kier molecular flexibility index (Phi) is 9.07. The highest BCUT2D eigenvalue weighted by Gasteiger charge is 2.28. The summed E-state index contributed by atoms with van der Waals surface area (Å²) in [5.41, 5.74) is 6.43. The van der Waals surface area contributed by atoms with E-state index in [9.17, 15) is 25.9 Å². The normalized spacial score (nSPS) is 14.5. The molecule has 5 aromatic rings. The van der Waals surface area contributed by atoms with Crippen LogP contribution in [0.25, 0.3) is 39.3 Å². The number of hydrogen-bond donors (Lipinski definition) is 2. The van der Waals surface area contributed by atoms with Gasteiger partial charge in [0, 0.05) is 23.6 Å². The van der Waals surface area contributed by atoms with Gasteiger partial charge in [-0.05, 0) is 71.0 Å². The zero-order valence-corrected chi connectivity index (χ0v) is 27.2. The average Bonchev–Trinajstić information content (AvgIpc) is 3.58. The van der Waals surface area contributed by atoms with Crippen LogP contribution >= 0.6 is 0 Å². The summed E-state index contributed by atoms with van der Waals surface area (Å²) in [5, 5.41) is 0.733. The third kappa shape index (κ3) is 7.66. The van der Waals surface area contributed by atoms with Crippen LogP contribution < -0.4 is 9.64 Å². The third-order valence-electron chi connectivity index (χ3n) is 7.98. The van der Waals surface area contributed by atoms with Gasteiger partial charge < -0.3 is 14.1 Å². The van der Waals surface area contributed by atoms with E-state index < -0.39 is 31.7 Å². The maximum absolute atomic E-state index is 11.8. The topological polar surface area (TPSA) is 134 Å². The van der Waals surface area contributed by atoms with E-state index in [1.807, 2.05) is 104 Å². The van der Waals surface area contributed by atoms with Gasteiger partial charge >= 0.3 is 0 Å². The molecule has 0 fully saturated rings. The Bertz CT molecular complexity index is 2210. The van der Waals surface area contributed by atoms with Crippen LogP contribution in [-0.4, -0.2) is 44.0 Å². The number of furan rings is 1. The van der Waals surface area contributed by atoms with Crippen LogP contribution in [0.1, 0.15) is 24.7 Å². The summed E-state index contributed by atoms with van der Waals surface area (Å²) in [4.78, 5) is 1.71. The van der Waals surface area contributed by atoms with Gasteiger partial charge in [-0.15, -0.1) is 0 Å². The highest BCUT2D eigenvalue weighted by Crippen LogP contribution is 2.42. The minimum atomic E-state index is -4.27. The van der Waals surface area contributed by atoms with E-state index in [1.165, 1.54) is 0 Å². The van der Waals surface area contributed by atoms with Gasteiger partial charge in [-0.1, -0.05) is 79.7 Å². The molecule has 0 saturated carbocycles. The van der Waals surface area contributed by atoms with E-state index in [1.54, 1.807) is 17.1 Å². The number of rotatable bonds is 11. The van der Waals surface area contributed by atoms with Crippen molar-refractivity contribution in [3.8, 4) is 28.0 Å². The first kappa shape index (κ1) is 32.3. The standard InChI is InChI=1S/C36H33NO8S2/c1-2-25(21-35-30(17-19-46(38,39)40)31-23-28(13-15-33(31)44-35)26-9-5-3-6-10-26)22-36-37(18-20-47(41,42)43)32-24-29(14-16-34(32)45-36)27-11-7-4-8-12-27/h3-16,21-24H,2,17-20H2,1H3,(H,38,39,40)(H,41,42,43)/b25-21-,36-22+. The molecule has 0 spiro atoms. The van der Waals surface area contributed by atoms with Crippen molar-refractivity contribution in [1.29, 1.82) is 0 Å². The minimum absolute atomic E-state index is 0.0220. The molecule has 4 aromatic carbocycles. The second-order valence-electron chi connectivity index (χ2n) is 11.2. The highest BCUT2D eigenvalue weighted by atomic mass is 32.2. The van der Waals surface area contributed by atoms with E-state index in [-0.39, 0.29) is 13.0 Å². The van der Waals surface area contributed by atoms with E-state index in [0.717, 1.165) is 33.2 Å². The molecule has 6 rings (SSSR count). The molecule has 0 saturated heterocycles. The predicted octanol–water partition coefficient (Wildman–Crippen LogP) is 7.62. The Morgan fingerprint density at radius 2 is 1.38 bits per heavy atom. The first-order chi connectivity index (χ1) is 22.5. The van der Waals surface area contributed by atoms with Crippen LogP contribution in [0.15, 0.2) is 119 Å². The number of anilines is 1. The van der Waals surface area contributed by atoms with Crippen LogP contribution in [0.4, 0.5) is 5.69 Å². The van der Waals surface area contributed by atoms with Crippen molar-refractivity contribution in [2.24, 2.45) is 0 Å². The Labute approximate surface area is 273 Å². The van der Waals surface area contributed by atoms with E-state index in [0.29, 0.717) is 40.6 Å². The van der Waals surface area contributed by atoms with Gasteiger partial charge in [0.05, 0.1) is 17.2 Å². The van der Waals surface area contributed by atoms with Gasteiger partial charge in [0.2, 0.25) is 5.88 Å². The summed E-state index contributed by atoms with van der Waals surface area (Å²) in [6.45, 7) is 1.88. The van der Waals surface area contributed by atoms with Gasteiger partial charge in [-0.2, -0.15) is 16.8 Å². The number of nitrogens with zero attached hydrogens (tertiary/aromatic N) is 1. The molecule has 9 nitrogen and oxygen atoms in total. The van der Waals surface area contributed by atoms with Crippen molar-refractivity contribution < 1.29 is 35.1 Å². The fraction of sp³-hybridized carbons (Fsp3) is 0.167. The van der Waals surface area contributed by atoms with Gasteiger partial charge in [0.1, 0.15) is 11.3 Å². The molecule has 11 heteroatoms. The molecular weight excluding hydrogens is 639 g/mol. The number of fused-ring (bicyclic) bond motifs is 2. The van der Waals surface area contributed by atoms with Crippen LogP contribution in [0.5, 0.6) is 5.75 Å². The van der Waals surface area contributed by atoms with Crippen LogP contribution in [0.2, 0.25) is 0 Å². The van der Waals surface area contributed by atoms with Crippen molar-refractivity contribution in [1.82, 2.24) is 0 Å².